The molecule has 4 heteroatoms. The van der Waals surface area contributed by atoms with Crippen LogP contribution in [0.1, 0.15) is 33.6 Å². The second-order valence-electron chi connectivity index (χ2n) is 3.92. The number of para-hydroxylation sites is 1. The Morgan fingerprint density at radius 1 is 1.39 bits per heavy atom. The van der Waals surface area contributed by atoms with Gasteiger partial charge in [0.1, 0.15) is 5.75 Å². The highest BCUT2D eigenvalue weighted by Crippen LogP contribution is 2.24. The van der Waals surface area contributed by atoms with Gasteiger partial charge >= 0.3 is 0 Å². The minimum atomic E-state index is -0.0210. The predicted molar refractivity (Wildman–Crippen MR) is 72.5 cm³/mol. The van der Waals surface area contributed by atoms with Gasteiger partial charge in [-0.05, 0) is 25.5 Å². The summed E-state index contributed by atoms with van der Waals surface area (Å²) in [5.74, 6) is 0.628. The van der Waals surface area contributed by atoms with Crippen molar-refractivity contribution in [3.05, 3.63) is 45.9 Å². The number of carbonyl (C=O) groups is 1. The highest BCUT2D eigenvalue weighted by Gasteiger charge is 2.16. The van der Waals surface area contributed by atoms with Gasteiger partial charge in [-0.2, -0.15) is 0 Å². The second-order valence-corrected chi connectivity index (χ2v) is 5.15. The minimum Gasteiger partial charge on any atom is -0.493 e. The van der Waals surface area contributed by atoms with Crippen LogP contribution in [0.25, 0.3) is 0 Å². The van der Waals surface area contributed by atoms with Gasteiger partial charge in [0.2, 0.25) is 5.78 Å². The van der Waals surface area contributed by atoms with E-state index in [4.69, 9.17) is 4.74 Å². The van der Waals surface area contributed by atoms with Crippen molar-refractivity contribution in [2.24, 2.45) is 0 Å². The van der Waals surface area contributed by atoms with Gasteiger partial charge in [-0.25, -0.2) is 4.98 Å². The Morgan fingerprint density at radius 3 is 2.83 bits per heavy atom. The Hall–Kier alpha value is -1.68. The lowest BCUT2D eigenvalue weighted by Gasteiger charge is -2.08. The molecule has 0 amide bonds. The molecule has 1 aromatic heterocycles. The Morgan fingerprint density at radius 2 is 2.17 bits per heavy atom. The zero-order valence-corrected chi connectivity index (χ0v) is 11.3. The molecule has 94 valence electrons. The lowest BCUT2D eigenvalue weighted by Crippen LogP contribution is -2.04. The van der Waals surface area contributed by atoms with Gasteiger partial charge in [-0.1, -0.05) is 19.1 Å². The van der Waals surface area contributed by atoms with Crippen LogP contribution in [-0.2, 0) is 0 Å². The summed E-state index contributed by atoms with van der Waals surface area (Å²) in [6.07, 6.45) is 2.54. The van der Waals surface area contributed by atoms with Gasteiger partial charge in [0.25, 0.3) is 0 Å². The molecule has 1 heterocycles. The summed E-state index contributed by atoms with van der Waals surface area (Å²) in [4.78, 5) is 17.1. The average molecular weight is 261 g/mol. The maximum Gasteiger partial charge on any atom is 0.208 e. The third-order valence-corrected chi connectivity index (χ3v) is 3.35. The van der Waals surface area contributed by atoms with E-state index in [1.807, 2.05) is 32.0 Å². The van der Waals surface area contributed by atoms with Crippen LogP contribution in [0, 0.1) is 6.92 Å². The molecule has 0 spiro atoms. The molecule has 0 N–H and O–H groups in total. The summed E-state index contributed by atoms with van der Waals surface area (Å²) < 4.78 is 5.60. The number of aromatic nitrogens is 1. The number of ether oxygens (including phenoxy) is 1. The Labute approximate surface area is 110 Å². The molecular formula is C14H15NO2S. The molecule has 3 nitrogen and oxygen atoms in total. The standard InChI is InChI=1S/C14H15NO2S/c1-3-8-17-12-7-5-4-6-11(12)14(16)13-9-15-10(2)18-13/h4-7,9H,3,8H2,1-2H3. The summed E-state index contributed by atoms with van der Waals surface area (Å²) in [7, 11) is 0. The van der Waals surface area contributed by atoms with Gasteiger partial charge in [0, 0.05) is 6.20 Å². The van der Waals surface area contributed by atoms with Crippen molar-refractivity contribution in [3.63, 3.8) is 0 Å². The molecule has 0 saturated heterocycles. The van der Waals surface area contributed by atoms with E-state index in [9.17, 15) is 4.79 Å². The molecule has 0 radical (unpaired) electrons. The van der Waals surface area contributed by atoms with E-state index < -0.39 is 0 Å². The van der Waals surface area contributed by atoms with Crippen molar-refractivity contribution in [3.8, 4) is 5.75 Å². The monoisotopic (exact) mass is 261 g/mol. The van der Waals surface area contributed by atoms with Crippen molar-refractivity contribution < 1.29 is 9.53 Å². The Balaban J connectivity index is 2.29. The maximum atomic E-state index is 12.3. The van der Waals surface area contributed by atoms with Crippen LogP contribution in [0.15, 0.2) is 30.5 Å². The molecule has 0 atom stereocenters. The highest BCUT2D eigenvalue weighted by atomic mass is 32.1. The first-order valence-corrected chi connectivity index (χ1v) is 6.73. The molecule has 0 bridgehead atoms. The summed E-state index contributed by atoms with van der Waals surface area (Å²) in [5, 5.41) is 0.894. The lowest BCUT2D eigenvalue weighted by atomic mass is 10.1. The maximum absolute atomic E-state index is 12.3. The van der Waals surface area contributed by atoms with E-state index in [0.29, 0.717) is 22.8 Å². The van der Waals surface area contributed by atoms with E-state index in [1.54, 1.807) is 12.3 Å². The van der Waals surface area contributed by atoms with E-state index in [1.165, 1.54) is 11.3 Å². The number of carbonyl (C=O) groups excluding carboxylic acids is 1. The summed E-state index contributed by atoms with van der Waals surface area (Å²) in [6.45, 7) is 4.55. The van der Waals surface area contributed by atoms with Crippen molar-refractivity contribution in [2.75, 3.05) is 6.61 Å². The largest absolute Gasteiger partial charge is 0.493 e. The molecule has 0 aliphatic rings. The molecule has 1 aromatic carbocycles. The van der Waals surface area contributed by atoms with Crippen molar-refractivity contribution in [1.29, 1.82) is 0 Å². The number of nitrogens with zero attached hydrogens (tertiary/aromatic N) is 1. The number of ketones is 1. The van der Waals surface area contributed by atoms with Crippen LogP contribution < -0.4 is 4.74 Å². The molecule has 2 aromatic rings. The Bertz CT molecular complexity index is 548. The number of hydrogen-bond donors (Lipinski definition) is 0. The van der Waals surface area contributed by atoms with E-state index in [-0.39, 0.29) is 5.78 Å². The van der Waals surface area contributed by atoms with Crippen LogP contribution in [-0.4, -0.2) is 17.4 Å². The van der Waals surface area contributed by atoms with Crippen LogP contribution >= 0.6 is 11.3 Å². The number of thiazole rings is 1. The predicted octanol–water partition coefficient (Wildman–Crippen LogP) is 3.47. The number of hydrogen-bond acceptors (Lipinski definition) is 4. The first-order chi connectivity index (χ1) is 8.72. The fourth-order valence-corrected chi connectivity index (χ4v) is 2.32. The number of rotatable bonds is 5. The van der Waals surface area contributed by atoms with Gasteiger partial charge in [-0.3, -0.25) is 4.79 Å². The topological polar surface area (TPSA) is 39.2 Å². The molecule has 0 fully saturated rings. The first-order valence-electron chi connectivity index (χ1n) is 5.91. The van der Waals surface area contributed by atoms with Crippen molar-refractivity contribution in [1.82, 2.24) is 4.98 Å². The van der Waals surface area contributed by atoms with Crippen molar-refractivity contribution >= 4 is 17.1 Å². The minimum absolute atomic E-state index is 0.0210. The third-order valence-electron chi connectivity index (χ3n) is 2.44. The third kappa shape index (κ3) is 2.76. The zero-order valence-electron chi connectivity index (χ0n) is 10.5. The normalized spacial score (nSPS) is 10.3. The van der Waals surface area contributed by atoms with Gasteiger partial charge in [0.15, 0.2) is 0 Å². The smallest absolute Gasteiger partial charge is 0.208 e. The highest BCUT2D eigenvalue weighted by molar-refractivity contribution is 7.13. The van der Waals surface area contributed by atoms with E-state index >= 15 is 0 Å². The molecule has 0 unspecified atom stereocenters. The number of aryl methyl sites for hydroxylation is 1. The van der Waals surface area contributed by atoms with Crippen LogP contribution in [0.4, 0.5) is 0 Å². The van der Waals surface area contributed by atoms with Gasteiger partial charge in [-0.15, -0.1) is 11.3 Å². The zero-order chi connectivity index (χ0) is 13.0. The molecule has 0 aliphatic carbocycles. The summed E-state index contributed by atoms with van der Waals surface area (Å²) in [6, 6.07) is 7.35. The fourth-order valence-electron chi connectivity index (χ4n) is 1.59. The van der Waals surface area contributed by atoms with Crippen molar-refractivity contribution in [2.45, 2.75) is 20.3 Å². The Kier molecular flexibility index (Phi) is 4.10. The van der Waals surface area contributed by atoms with Crippen LogP contribution in [0.3, 0.4) is 0 Å². The fraction of sp³-hybridized carbons (Fsp3) is 0.286. The summed E-state index contributed by atoms with van der Waals surface area (Å²) >= 11 is 1.41. The quantitative estimate of drug-likeness (QED) is 0.774. The van der Waals surface area contributed by atoms with Crippen LogP contribution in [0.2, 0.25) is 0 Å². The van der Waals surface area contributed by atoms with Gasteiger partial charge in [0.05, 0.1) is 22.1 Å². The SMILES string of the molecule is CCCOc1ccccc1C(=O)c1cnc(C)s1. The molecule has 18 heavy (non-hydrogen) atoms. The lowest BCUT2D eigenvalue weighted by molar-refractivity contribution is 0.103. The van der Waals surface area contributed by atoms with Crippen LogP contribution in [0.5, 0.6) is 5.75 Å². The average Bonchev–Trinajstić information content (AvgIpc) is 2.82. The molecule has 0 aliphatic heterocycles. The van der Waals surface area contributed by atoms with E-state index in [2.05, 4.69) is 4.98 Å². The van der Waals surface area contributed by atoms with E-state index in [0.717, 1.165) is 11.4 Å². The number of benzene rings is 1. The molecule has 2 rings (SSSR count). The summed E-state index contributed by atoms with van der Waals surface area (Å²) in [5.41, 5.74) is 0.606. The second kappa shape index (κ2) is 5.78. The van der Waals surface area contributed by atoms with Gasteiger partial charge < -0.3 is 4.74 Å². The molecule has 0 saturated carbocycles. The first kappa shape index (κ1) is 12.8. The molecular weight excluding hydrogens is 246 g/mol.